The first-order valence-corrected chi connectivity index (χ1v) is 8.75. The van der Waals surface area contributed by atoms with Crippen molar-refractivity contribution in [1.29, 1.82) is 0 Å². The zero-order valence-electron chi connectivity index (χ0n) is 15.0. The summed E-state index contributed by atoms with van der Waals surface area (Å²) in [5.74, 6) is -0.410. The van der Waals surface area contributed by atoms with E-state index in [1.807, 2.05) is 36.9 Å². The molecule has 0 radical (unpaired) electrons. The Morgan fingerprint density at radius 2 is 1.84 bits per heavy atom. The summed E-state index contributed by atoms with van der Waals surface area (Å²) < 4.78 is 0. The van der Waals surface area contributed by atoms with Crippen LogP contribution in [0.4, 0.5) is 0 Å². The van der Waals surface area contributed by atoms with E-state index in [0.29, 0.717) is 5.56 Å². The number of ketones is 1. The van der Waals surface area contributed by atoms with E-state index in [0.717, 1.165) is 37.1 Å². The maximum Gasteiger partial charge on any atom is 0.231 e. The predicted molar refractivity (Wildman–Crippen MR) is 96.3 cm³/mol. The number of benzene rings is 1. The Bertz CT molecular complexity index is 649. The molecule has 2 amide bonds. The lowest BCUT2D eigenvalue weighted by Gasteiger charge is -2.31. The molecule has 1 heterocycles. The average molecular weight is 345 g/mol. The van der Waals surface area contributed by atoms with Crippen molar-refractivity contribution >= 4 is 17.6 Å². The van der Waals surface area contributed by atoms with Crippen LogP contribution >= 0.6 is 0 Å². The number of nitrogens with two attached hydrogens (primary N) is 1. The molecule has 1 aromatic carbocycles. The van der Waals surface area contributed by atoms with Gasteiger partial charge in [0.05, 0.1) is 6.54 Å². The maximum absolute atomic E-state index is 12.3. The van der Waals surface area contributed by atoms with Gasteiger partial charge in [-0.05, 0) is 38.3 Å². The van der Waals surface area contributed by atoms with Crippen molar-refractivity contribution in [2.45, 2.75) is 45.6 Å². The fraction of sp³-hybridized carbons (Fsp3) is 0.526. The van der Waals surface area contributed by atoms with Crippen molar-refractivity contribution in [3.63, 3.8) is 0 Å². The second-order valence-corrected chi connectivity index (χ2v) is 6.83. The van der Waals surface area contributed by atoms with Gasteiger partial charge in [-0.15, -0.1) is 0 Å². The molecule has 0 saturated carbocycles. The summed E-state index contributed by atoms with van der Waals surface area (Å²) in [7, 11) is 0. The summed E-state index contributed by atoms with van der Waals surface area (Å²) in [5, 5.41) is 2.99. The molecule has 0 atom stereocenters. The van der Waals surface area contributed by atoms with Gasteiger partial charge in [-0.2, -0.15) is 0 Å². The number of amides is 2. The molecule has 25 heavy (non-hydrogen) atoms. The molecule has 1 aliphatic heterocycles. The molecule has 0 bridgehead atoms. The van der Waals surface area contributed by atoms with Crippen LogP contribution in [0.1, 0.15) is 47.2 Å². The largest absolute Gasteiger partial charge is 0.369 e. The third-order valence-electron chi connectivity index (χ3n) is 4.60. The van der Waals surface area contributed by atoms with Gasteiger partial charge in [-0.3, -0.25) is 19.3 Å². The van der Waals surface area contributed by atoms with Crippen LogP contribution in [0, 0.1) is 13.8 Å². The lowest BCUT2D eigenvalue weighted by Crippen LogP contribution is -2.46. The normalized spacial score (nSPS) is 15.8. The summed E-state index contributed by atoms with van der Waals surface area (Å²) in [4.78, 5) is 37.3. The number of piperidine rings is 1. The van der Waals surface area contributed by atoms with Crippen LogP contribution in [0.3, 0.4) is 0 Å². The highest BCUT2D eigenvalue weighted by molar-refractivity contribution is 5.99. The molecule has 6 heteroatoms. The standard InChI is InChI=1S/C19H27N3O3/c1-13-3-4-14(2)16(11-13)17(23)5-6-19(25)21-15-7-9-22(10-8-15)12-18(20)24/h3-4,11,15H,5-10,12H2,1-2H3,(H2,20,24)(H,21,25). The van der Waals surface area contributed by atoms with Gasteiger partial charge in [0.25, 0.3) is 0 Å². The fourth-order valence-electron chi connectivity index (χ4n) is 3.15. The highest BCUT2D eigenvalue weighted by Gasteiger charge is 2.21. The van der Waals surface area contributed by atoms with Gasteiger partial charge in [-0.1, -0.05) is 17.7 Å². The number of hydrogen-bond donors (Lipinski definition) is 2. The Morgan fingerprint density at radius 3 is 2.48 bits per heavy atom. The SMILES string of the molecule is Cc1ccc(C)c(C(=O)CCC(=O)NC2CCN(CC(N)=O)CC2)c1. The van der Waals surface area contributed by atoms with Gasteiger partial charge in [-0.25, -0.2) is 0 Å². The van der Waals surface area contributed by atoms with E-state index in [4.69, 9.17) is 5.73 Å². The molecule has 136 valence electrons. The summed E-state index contributed by atoms with van der Waals surface area (Å²) in [5.41, 5.74) is 7.88. The summed E-state index contributed by atoms with van der Waals surface area (Å²) >= 11 is 0. The Kier molecular flexibility index (Phi) is 6.70. The first-order chi connectivity index (χ1) is 11.8. The van der Waals surface area contributed by atoms with Gasteiger partial charge < -0.3 is 11.1 Å². The van der Waals surface area contributed by atoms with E-state index in [9.17, 15) is 14.4 Å². The lowest BCUT2D eigenvalue weighted by molar-refractivity contribution is -0.123. The van der Waals surface area contributed by atoms with Crippen molar-refractivity contribution < 1.29 is 14.4 Å². The van der Waals surface area contributed by atoms with Gasteiger partial charge in [0, 0.05) is 37.5 Å². The number of carbonyl (C=O) groups is 3. The van der Waals surface area contributed by atoms with E-state index in [-0.39, 0.29) is 43.0 Å². The Morgan fingerprint density at radius 1 is 1.16 bits per heavy atom. The number of likely N-dealkylation sites (tertiary alicyclic amines) is 1. The van der Waals surface area contributed by atoms with Gasteiger partial charge in [0.15, 0.2) is 5.78 Å². The molecule has 3 N–H and O–H groups in total. The molecular formula is C19H27N3O3. The highest BCUT2D eigenvalue weighted by Crippen LogP contribution is 2.14. The Hall–Kier alpha value is -2.21. The highest BCUT2D eigenvalue weighted by atomic mass is 16.2. The third-order valence-corrected chi connectivity index (χ3v) is 4.60. The van der Waals surface area contributed by atoms with Crippen molar-refractivity contribution in [3.8, 4) is 0 Å². The fourth-order valence-corrected chi connectivity index (χ4v) is 3.15. The number of nitrogens with one attached hydrogen (secondary N) is 1. The molecule has 6 nitrogen and oxygen atoms in total. The number of aryl methyl sites for hydroxylation is 2. The van der Waals surface area contributed by atoms with E-state index in [1.165, 1.54) is 0 Å². The lowest BCUT2D eigenvalue weighted by atomic mass is 9.99. The van der Waals surface area contributed by atoms with Gasteiger partial charge in [0.1, 0.15) is 0 Å². The van der Waals surface area contributed by atoms with Crippen LogP contribution in [0.15, 0.2) is 18.2 Å². The van der Waals surface area contributed by atoms with Crippen LogP contribution in [-0.2, 0) is 9.59 Å². The topological polar surface area (TPSA) is 92.5 Å². The maximum atomic E-state index is 12.3. The smallest absolute Gasteiger partial charge is 0.231 e. The van der Waals surface area contributed by atoms with Crippen molar-refractivity contribution in [2.24, 2.45) is 5.73 Å². The Labute approximate surface area is 148 Å². The van der Waals surface area contributed by atoms with Crippen LogP contribution in [0.25, 0.3) is 0 Å². The van der Waals surface area contributed by atoms with E-state index >= 15 is 0 Å². The predicted octanol–water partition coefficient (Wildman–Crippen LogP) is 1.33. The molecule has 0 unspecified atom stereocenters. The van der Waals surface area contributed by atoms with Crippen LogP contribution in [0.5, 0.6) is 0 Å². The van der Waals surface area contributed by atoms with Crippen molar-refractivity contribution in [2.75, 3.05) is 19.6 Å². The first kappa shape index (κ1) is 19.1. The quantitative estimate of drug-likeness (QED) is 0.729. The number of primary amides is 1. The van der Waals surface area contributed by atoms with E-state index in [1.54, 1.807) is 0 Å². The third kappa shape index (κ3) is 5.98. The minimum Gasteiger partial charge on any atom is -0.369 e. The zero-order valence-corrected chi connectivity index (χ0v) is 15.0. The molecule has 0 aromatic heterocycles. The number of carbonyl (C=O) groups excluding carboxylic acids is 3. The molecule has 1 fully saturated rings. The number of nitrogens with zero attached hydrogens (tertiary/aromatic N) is 1. The van der Waals surface area contributed by atoms with Crippen LogP contribution < -0.4 is 11.1 Å². The van der Waals surface area contributed by atoms with Crippen molar-refractivity contribution in [1.82, 2.24) is 10.2 Å². The second-order valence-electron chi connectivity index (χ2n) is 6.83. The van der Waals surface area contributed by atoms with Crippen LogP contribution in [-0.4, -0.2) is 48.2 Å². The number of Topliss-reactive ketones (excluding diaryl/α,β-unsaturated/α-hetero) is 1. The average Bonchev–Trinajstić information content (AvgIpc) is 2.56. The summed E-state index contributed by atoms with van der Waals surface area (Å²) in [6.45, 7) is 5.62. The molecular weight excluding hydrogens is 318 g/mol. The Balaban J connectivity index is 1.75. The zero-order chi connectivity index (χ0) is 18.4. The number of hydrogen-bond acceptors (Lipinski definition) is 4. The molecule has 1 aromatic rings. The minimum absolute atomic E-state index is 0.00706. The van der Waals surface area contributed by atoms with E-state index in [2.05, 4.69) is 5.32 Å². The first-order valence-electron chi connectivity index (χ1n) is 8.75. The molecule has 1 saturated heterocycles. The molecule has 2 rings (SSSR count). The van der Waals surface area contributed by atoms with Crippen LogP contribution in [0.2, 0.25) is 0 Å². The molecule has 0 aliphatic carbocycles. The monoisotopic (exact) mass is 345 g/mol. The molecule has 1 aliphatic rings. The van der Waals surface area contributed by atoms with Gasteiger partial charge >= 0.3 is 0 Å². The molecule has 0 spiro atoms. The van der Waals surface area contributed by atoms with E-state index < -0.39 is 0 Å². The second kappa shape index (κ2) is 8.76. The minimum atomic E-state index is -0.326. The summed E-state index contributed by atoms with van der Waals surface area (Å²) in [6, 6.07) is 5.89. The van der Waals surface area contributed by atoms with Gasteiger partial charge in [0.2, 0.25) is 11.8 Å². The van der Waals surface area contributed by atoms with Crippen molar-refractivity contribution in [3.05, 3.63) is 34.9 Å². The number of rotatable bonds is 7. The summed E-state index contributed by atoms with van der Waals surface area (Å²) in [6.07, 6.45) is 2.01.